The van der Waals surface area contributed by atoms with Crippen LogP contribution in [-0.2, 0) is 21.2 Å². The molecule has 32 heavy (non-hydrogen) atoms. The third-order valence-electron chi connectivity index (χ3n) is 5.86. The van der Waals surface area contributed by atoms with Crippen LogP contribution in [0.3, 0.4) is 0 Å². The van der Waals surface area contributed by atoms with E-state index in [0.29, 0.717) is 19.4 Å². The number of nitrogens with zero attached hydrogens (tertiary/aromatic N) is 2. The molecule has 1 amide bonds. The lowest BCUT2D eigenvalue weighted by Crippen LogP contribution is -2.46. The Kier molecular flexibility index (Phi) is 9.08. The molecule has 0 aliphatic carbocycles. The number of rotatable bonds is 11. The number of sulfonamides is 1. The minimum atomic E-state index is -3.42. The molecular weight excluding hydrogens is 424 g/mol. The normalized spacial score (nSPS) is 15.0. The summed E-state index contributed by atoms with van der Waals surface area (Å²) in [5, 5.41) is 2.99. The Hall–Kier alpha value is -2.42. The van der Waals surface area contributed by atoms with E-state index in [1.165, 1.54) is 12.7 Å². The predicted octanol–water partition coefficient (Wildman–Crippen LogP) is 2.25. The van der Waals surface area contributed by atoms with Gasteiger partial charge in [0.25, 0.3) is 0 Å². The zero-order valence-electron chi connectivity index (χ0n) is 18.8. The molecule has 1 fully saturated rings. The van der Waals surface area contributed by atoms with Gasteiger partial charge in [0.15, 0.2) is 0 Å². The van der Waals surface area contributed by atoms with E-state index < -0.39 is 10.0 Å². The van der Waals surface area contributed by atoms with Crippen molar-refractivity contribution in [1.82, 2.24) is 14.9 Å². The maximum Gasteiger partial charge on any atom is 0.240 e. The maximum atomic E-state index is 12.1. The van der Waals surface area contributed by atoms with Crippen LogP contribution in [0.5, 0.6) is 0 Å². The number of aryl methyl sites for hydroxylation is 1. The zero-order valence-corrected chi connectivity index (χ0v) is 19.6. The minimum Gasteiger partial charge on any atom is -0.369 e. The van der Waals surface area contributed by atoms with Crippen LogP contribution < -0.4 is 14.9 Å². The standard InChI is InChI=1S/C24H34N4O3S/c1-25-32(30,31)23-12-9-21(10-13-23)11-14-24(29)26-15-5-6-16-27-17-19-28(20-18-27)22-7-3-2-4-8-22/h2-4,7-10,12-13,25H,5-6,11,14-20H2,1H3,(H,26,29). The first-order valence-electron chi connectivity index (χ1n) is 11.3. The van der Waals surface area contributed by atoms with Gasteiger partial charge in [-0.05, 0) is 62.7 Å². The lowest BCUT2D eigenvalue weighted by molar-refractivity contribution is -0.121. The zero-order chi connectivity index (χ0) is 22.8. The van der Waals surface area contributed by atoms with E-state index in [4.69, 9.17) is 0 Å². The van der Waals surface area contributed by atoms with Crippen LogP contribution in [0, 0.1) is 0 Å². The van der Waals surface area contributed by atoms with Crippen LogP contribution in [-0.4, -0.2) is 65.5 Å². The molecule has 2 aromatic rings. The summed E-state index contributed by atoms with van der Waals surface area (Å²) in [7, 11) is -2.03. The largest absolute Gasteiger partial charge is 0.369 e. The molecule has 0 unspecified atom stereocenters. The molecule has 0 radical (unpaired) electrons. The van der Waals surface area contributed by atoms with Gasteiger partial charge in [-0.25, -0.2) is 13.1 Å². The van der Waals surface area contributed by atoms with Gasteiger partial charge in [0.2, 0.25) is 15.9 Å². The fourth-order valence-electron chi connectivity index (χ4n) is 3.86. The van der Waals surface area contributed by atoms with Crippen molar-refractivity contribution in [2.24, 2.45) is 0 Å². The molecule has 7 nitrogen and oxygen atoms in total. The van der Waals surface area contributed by atoms with Crippen molar-refractivity contribution in [2.45, 2.75) is 30.6 Å². The number of amides is 1. The number of hydrogen-bond acceptors (Lipinski definition) is 5. The van der Waals surface area contributed by atoms with Crippen molar-refractivity contribution in [1.29, 1.82) is 0 Å². The van der Waals surface area contributed by atoms with Crippen molar-refractivity contribution in [3.63, 3.8) is 0 Å². The molecule has 3 rings (SSSR count). The van der Waals surface area contributed by atoms with E-state index in [9.17, 15) is 13.2 Å². The van der Waals surface area contributed by atoms with Crippen molar-refractivity contribution in [2.75, 3.05) is 51.2 Å². The summed E-state index contributed by atoms with van der Waals surface area (Å²) in [4.78, 5) is 17.3. The first-order chi connectivity index (χ1) is 15.5. The van der Waals surface area contributed by atoms with Crippen LogP contribution in [0.2, 0.25) is 0 Å². The molecule has 1 aliphatic rings. The van der Waals surface area contributed by atoms with Crippen LogP contribution in [0.15, 0.2) is 59.5 Å². The van der Waals surface area contributed by atoms with E-state index in [1.54, 1.807) is 24.3 Å². The quantitative estimate of drug-likeness (QED) is 0.505. The molecule has 0 saturated carbocycles. The molecule has 1 heterocycles. The van der Waals surface area contributed by atoms with Crippen LogP contribution in [0.1, 0.15) is 24.8 Å². The molecule has 2 N–H and O–H groups in total. The summed E-state index contributed by atoms with van der Waals surface area (Å²) >= 11 is 0. The summed E-state index contributed by atoms with van der Waals surface area (Å²) < 4.78 is 25.8. The van der Waals surface area contributed by atoms with Gasteiger partial charge in [-0.1, -0.05) is 30.3 Å². The summed E-state index contributed by atoms with van der Waals surface area (Å²) in [5.74, 6) is 0.0356. The van der Waals surface area contributed by atoms with Crippen LogP contribution in [0.4, 0.5) is 5.69 Å². The van der Waals surface area contributed by atoms with Gasteiger partial charge >= 0.3 is 0 Å². The van der Waals surface area contributed by atoms with Crippen molar-refractivity contribution in [3.8, 4) is 0 Å². The van der Waals surface area contributed by atoms with Gasteiger partial charge < -0.3 is 10.2 Å². The van der Waals surface area contributed by atoms with E-state index in [1.807, 2.05) is 0 Å². The van der Waals surface area contributed by atoms with Crippen molar-refractivity contribution >= 4 is 21.6 Å². The monoisotopic (exact) mass is 458 g/mol. The summed E-state index contributed by atoms with van der Waals surface area (Å²) in [5.41, 5.74) is 2.25. The number of carbonyl (C=O) groups excluding carboxylic acids is 1. The number of unbranched alkanes of at least 4 members (excludes halogenated alkanes) is 1. The highest BCUT2D eigenvalue weighted by molar-refractivity contribution is 7.89. The first kappa shape index (κ1) is 24.2. The summed E-state index contributed by atoms with van der Waals surface area (Å²) in [6.07, 6.45) is 3.05. The van der Waals surface area contributed by atoms with Gasteiger partial charge in [0.1, 0.15) is 0 Å². The Morgan fingerprint density at radius 3 is 2.28 bits per heavy atom. The predicted molar refractivity (Wildman–Crippen MR) is 128 cm³/mol. The molecule has 174 valence electrons. The highest BCUT2D eigenvalue weighted by Crippen LogP contribution is 2.15. The Morgan fingerprint density at radius 2 is 1.62 bits per heavy atom. The average molecular weight is 459 g/mol. The number of hydrogen-bond donors (Lipinski definition) is 2. The lowest BCUT2D eigenvalue weighted by Gasteiger charge is -2.36. The molecule has 0 aromatic heterocycles. The smallest absolute Gasteiger partial charge is 0.240 e. The molecule has 1 saturated heterocycles. The Labute approximate surface area is 191 Å². The molecule has 8 heteroatoms. The lowest BCUT2D eigenvalue weighted by atomic mass is 10.1. The summed E-state index contributed by atoms with van der Waals surface area (Å²) in [6, 6.07) is 17.2. The fraction of sp³-hybridized carbons (Fsp3) is 0.458. The second-order valence-corrected chi connectivity index (χ2v) is 9.96. The highest BCUT2D eigenvalue weighted by atomic mass is 32.2. The maximum absolute atomic E-state index is 12.1. The SMILES string of the molecule is CNS(=O)(=O)c1ccc(CCC(=O)NCCCCN2CCN(c3ccccc3)CC2)cc1. The number of para-hydroxylation sites is 1. The second kappa shape index (κ2) is 12.0. The van der Waals surface area contributed by atoms with E-state index >= 15 is 0 Å². The molecule has 0 bridgehead atoms. The third-order valence-corrected chi connectivity index (χ3v) is 7.29. The molecule has 1 aliphatic heterocycles. The topological polar surface area (TPSA) is 81.7 Å². The molecule has 0 atom stereocenters. The number of carbonyl (C=O) groups is 1. The second-order valence-electron chi connectivity index (χ2n) is 8.07. The van der Waals surface area contributed by atoms with Gasteiger partial charge in [0, 0.05) is 44.8 Å². The molecule has 2 aromatic carbocycles. The number of benzene rings is 2. The van der Waals surface area contributed by atoms with Gasteiger partial charge in [-0.15, -0.1) is 0 Å². The van der Waals surface area contributed by atoms with Crippen molar-refractivity contribution < 1.29 is 13.2 Å². The van der Waals surface area contributed by atoms with E-state index in [2.05, 4.69) is 50.2 Å². The Morgan fingerprint density at radius 1 is 0.938 bits per heavy atom. The van der Waals surface area contributed by atoms with Crippen molar-refractivity contribution in [3.05, 3.63) is 60.2 Å². The number of anilines is 1. The van der Waals surface area contributed by atoms with Gasteiger partial charge in [-0.3, -0.25) is 9.69 Å². The van der Waals surface area contributed by atoms with Crippen LogP contribution >= 0.6 is 0 Å². The molecule has 0 spiro atoms. The third kappa shape index (κ3) is 7.32. The van der Waals surface area contributed by atoms with E-state index in [0.717, 1.165) is 51.1 Å². The van der Waals surface area contributed by atoms with Gasteiger partial charge in [0.05, 0.1) is 4.90 Å². The number of piperazine rings is 1. The highest BCUT2D eigenvalue weighted by Gasteiger charge is 2.16. The fourth-order valence-corrected chi connectivity index (χ4v) is 4.59. The Balaban J connectivity index is 1.25. The Bertz CT molecular complexity index is 941. The van der Waals surface area contributed by atoms with Crippen LogP contribution in [0.25, 0.3) is 0 Å². The molecular formula is C24H34N4O3S. The van der Waals surface area contributed by atoms with Gasteiger partial charge in [-0.2, -0.15) is 0 Å². The first-order valence-corrected chi connectivity index (χ1v) is 12.8. The van der Waals surface area contributed by atoms with E-state index in [-0.39, 0.29) is 10.8 Å². The minimum absolute atomic E-state index is 0.0356. The average Bonchev–Trinajstić information content (AvgIpc) is 2.84. The summed E-state index contributed by atoms with van der Waals surface area (Å²) in [6.45, 7) is 6.04. The number of nitrogens with one attached hydrogen (secondary N) is 2.